The van der Waals surface area contributed by atoms with Crippen LogP contribution in [0.2, 0.25) is 5.02 Å². The summed E-state index contributed by atoms with van der Waals surface area (Å²) in [6, 6.07) is 0. The maximum atomic E-state index is 12.0. The summed E-state index contributed by atoms with van der Waals surface area (Å²) in [6.45, 7) is 11.7. The predicted octanol–water partition coefficient (Wildman–Crippen LogP) is 6.03. The van der Waals surface area contributed by atoms with E-state index in [4.69, 9.17) is 16.3 Å². The van der Waals surface area contributed by atoms with Crippen LogP contribution in [0, 0.1) is 24.7 Å². The second kappa shape index (κ2) is 10.6. The molecule has 1 saturated carbocycles. The first kappa shape index (κ1) is 23.9. The van der Waals surface area contributed by atoms with Crippen molar-refractivity contribution in [3.63, 3.8) is 0 Å². The van der Waals surface area contributed by atoms with Crippen LogP contribution in [0.1, 0.15) is 55.1 Å². The second-order valence-corrected chi connectivity index (χ2v) is 8.46. The number of halogens is 1. The Balaban J connectivity index is 2.31. The van der Waals surface area contributed by atoms with Crippen LogP contribution >= 0.6 is 11.6 Å². The fourth-order valence-electron chi connectivity index (χ4n) is 3.94. The highest BCUT2D eigenvalue weighted by Crippen LogP contribution is 2.41. The summed E-state index contributed by atoms with van der Waals surface area (Å²) >= 11 is 6.42. The van der Waals surface area contributed by atoms with Crippen LogP contribution in [0.25, 0.3) is 0 Å². The minimum Gasteiger partial charge on any atom is -0.507 e. The lowest BCUT2D eigenvalue weighted by Crippen LogP contribution is -2.30. The normalized spacial score (nSPS) is 22.4. The molecule has 0 spiro atoms. The monoisotopic (exact) mass is 430 g/mol. The van der Waals surface area contributed by atoms with Crippen LogP contribution in [-0.4, -0.2) is 23.8 Å². The zero-order chi connectivity index (χ0) is 22.4. The zero-order valence-electron chi connectivity index (χ0n) is 18.2. The number of ketones is 1. The number of carbonyl (C=O) groups excluding carboxylic acids is 2. The van der Waals surface area contributed by atoms with Crippen molar-refractivity contribution in [3.8, 4) is 11.5 Å². The smallest absolute Gasteiger partial charge is 0.154 e. The van der Waals surface area contributed by atoms with Crippen molar-refractivity contribution in [2.24, 2.45) is 17.8 Å². The lowest BCUT2D eigenvalue weighted by atomic mass is 9.72. The van der Waals surface area contributed by atoms with E-state index in [1.807, 2.05) is 26.0 Å². The highest BCUT2D eigenvalue weighted by atomic mass is 35.5. The van der Waals surface area contributed by atoms with Gasteiger partial charge in [-0.1, -0.05) is 61.9 Å². The highest BCUT2D eigenvalue weighted by Gasteiger charge is 2.31. The zero-order valence-corrected chi connectivity index (χ0v) is 19.0. The summed E-state index contributed by atoms with van der Waals surface area (Å²) in [4.78, 5) is 23.5. The fraction of sp³-hybridized carbons (Fsp3) is 0.440. The number of carbonyl (C=O) groups is 2. The standard InChI is InChI=1S/C25H31ClO4/c1-6-13-30-25-20(24(29)21(14-27)18(5)23(25)26)11-8-15(2)7-10-19-16(3)9-12-22(28)17(19)4/h6-8,10,14,16-17,19,29H,1,9,11-13H2,2-5H3/b10-7+,15-8-. The van der Waals surface area contributed by atoms with Gasteiger partial charge in [0.1, 0.15) is 23.9 Å². The molecule has 1 aromatic carbocycles. The molecule has 0 radical (unpaired) electrons. The molecule has 162 valence electrons. The minimum absolute atomic E-state index is 0.0341. The number of aldehydes is 1. The number of hydrogen-bond donors (Lipinski definition) is 1. The van der Waals surface area contributed by atoms with Crippen LogP contribution in [0.5, 0.6) is 11.5 Å². The molecule has 0 heterocycles. The van der Waals surface area contributed by atoms with Gasteiger partial charge < -0.3 is 9.84 Å². The summed E-state index contributed by atoms with van der Waals surface area (Å²) in [5, 5.41) is 11.0. The SMILES string of the molecule is C=CCOc1c(Cl)c(C)c(C=O)c(O)c1C/C=C(C)\C=C\C1C(C)CCC(=O)C1C. The number of hydrogen-bond acceptors (Lipinski definition) is 4. The largest absolute Gasteiger partial charge is 0.507 e. The first-order valence-electron chi connectivity index (χ1n) is 10.3. The van der Waals surface area contributed by atoms with Gasteiger partial charge in [0.2, 0.25) is 0 Å². The quantitative estimate of drug-likeness (QED) is 0.311. The fourth-order valence-corrected chi connectivity index (χ4v) is 4.21. The van der Waals surface area contributed by atoms with Crippen LogP contribution in [0.4, 0.5) is 0 Å². The Morgan fingerprint density at radius 3 is 2.70 bits per heavy atom. The van der Waals surface area contributed by atoms with Gasteiger partial charge in [0, 0.05) is 17.9 Å². The molecule has 1 aliphatic rings. The van der Waals surface area contributed by atoms with E-state index < -0.39 is 0 Å². The molecule has 1 aliphatic carbocycles. The molecule has 3 unspecified atom stereocenters. The molecule has 1 N–H and O–H groups in total. The number of allylic oxidation sites excluding steroid dienone is 4. The van der Waals surface area contributed by atoms with E-state index in [1.165, 1.54) is 0 Å². The Bertz CT molecular complexity index is 882. The summed E-state index contributed by atoms with van der Waals surface area (Å²) in [7, 11) is 0. The maximum Gasteiger partial charge on any atom is 0.154 e. The Morgan fingerprint density at radius 2 is 2.07 bits per heavy atom. The number of benzene rings is 1. The lowest BCUT2D eigenvalue weighted by Gasteiger charge is -2.31. The second-order valence-electron chi connectivity index (χ2n) is 8.09. The van der Waals surface area contributed by atoms with Gasteiger partial charge in [-0.2, -0.15) is 0 Å². The summed E-state index contributed by atoms with van der Waals surface area (Å²) in [5.41, 5.74) is 2.12. The van der Waals surface area contributed by atoms with Crippen molar-refractivity contribution >= 4 is 23.7 Å². The van der Waals surface area contributed by atoms with E-state index in [0.717, 1.165) is 12.0 Å². The first-order valence-corrected chi connectivity index (χ1v) is 10.7. The Morgan fingerprint density at radius 1 is 1.37 bits per heavy atom. The van der Waals surface area contributed by atoms with Crippen LogP contribution in [0.3, 0.4) is 0 Å². The first-order chi connectivity index (χ1) is 14.2. The van der Waals surface area contributed by atoms with Crippen LogP contribution in [-0.2, 0) is 11.2 Å². The van der Waals surface area contributed by atoms with Gasteiger partial charge in [-0.05, 0) is 44.1 Å². The van der Waals surface area contributed by atoms with E-state index in [-0.39, 0.29) is 29.8 Å². The molecule has 0 aromatic heterocycles. The van der Waals surface area contributed by atoms with Gasteiger partial charge in [-0.15, -0.1) is 0 Å². The van der Waals surface area contributed by atoms with Crippen molar-refractivity contribution < 1.29 is 19.4 Å². The molecule has 30 heavy (non-hydrogen) atoms. The molecule has 3 atom stereocenters. The molecular formula is C25H31ClO4. The van der Waals surface area contributed by atoms with Crippen LogP contribution < -0.4 is 4.74 Å². The van der Waals surface area contributed by atoms with E-state index in [1.54, 1.807) is 13.0 Å². The van der Waals surface area contributed by atoms with E-state index >= 15 is 0 Å². The molecule has 1 fully saturated rings. The number of phenols is 1. The van der Waals surface area contributed by atoms with Crippen molar-refractivity contribution in [3.05, 3.63) is 58.2 Å². The van der Waals surface area contributed by atoms with Crippen molar-refractivity contribution in [1.29, 1.82) is 0 Å². The van der Waals surface area contributed by atoms with Gasteiger partial charge in [-0.3, -0.25) is 9.59 Å². The molecule has 4 nitrogen and oxygen atoms in total. The number of Topliss-reactive ketones (excluding diaryl/α,β-unsaturated/α-hetero) is 1. The Kier molecular flexibility index (Phi) is 8.48. The van der Waals surface area contributed by atoms with E-state index in [2.05, 4.69) is 19.6 Å². The van der Waals surface area contributed by atoms with Crippen molar-refractivity contribution in [1.82, 2.24) is 0 Å². The highest BCUT2D eigenvalue weighted by molar-refractivity contribution is 6.33. The molecule has 0 bridgehead atoms. The number of phenolic OH excluding ortho intramolecular Hbond substituents is 1. The Hall–Kier alpha value is -2.33. The molecule has 0 aliphatic heterocycles. The average molecular weight is 431 g/mol. The van der Waals surface area contributed by atoms with Crippen LogP contribution in [0.15, 0.2) is 36.5 Å². The molecule has 0 saturated heterocycles. The molecule has 1 aromatic rings. The Labute approximate surface area is 184 Å². The van der Waals surface area contributed by atoms with E-state index in [0.29, 0.717) is 52.7 Å². The average Bonchev–Trinajstić information content (AvgIpc) is 2.72. The van der Waals surface area contributed by atoms with Crippen molar-refractivity contribution in [2.45, 2.75) is 47.0 Å². The van der Waals surface area contributed by atoms with Gasteiger partial charge in [0.25, 0.3) is 0 Å². The summed E-state index contributed by atoms with van der Waals surface area (Å²) in [6.07, 6.45) is 10.2. The van der Waals surface area contributed by atoms with Gasteiger partial charge in [0.05, 0.1) is 10.6 Å². The molecule has 2 rings (SSSR count). The lowest BCUT2D eigenvalue weighted by molar-refractivity contribution is -0.126. The molecule has 5 heteroatoms. The van der Waals surface area contributed by atoms with Gasteiger partial charge in [0.15, 0.2) is 6.29 Å². The predicted molar refractivity (Wildman–Crippen MR) is 122 cm³/mol. The number of aromatic hydroxyl groups is 1. The van der Waals surface area contributed by atoms with Gasteiger partial charge in [-0.25, -0.2) is 0 Å². The van der Waals surface area contributed by atoms with E-state index in [9.17, 15) is 14.7 Å². The topological polar surface area (TPSA) is 63.6 Å². The third-order valence-electron chi connectivity index (χ3n) is 6.01. The summed E-state index contributed by atoms with van der Waals surface area (Å²) < 4.78 is 5.69. The van der Waals surface area contributed by atoms with Gasteiger partial charge >= 0.3 is 0 Å². The summed E-state index contributed by atoms with van der Waals surface area (Å²) in [5.74, 6) is 1.31. The maximum absolute atomic E-state index is 12.0. The molecular weight excluding hydrogens is 400 g/mol. The van der Waals surface area contributed by atoms with Crippen molar-refractivity contribution in [2.75, 3.05) is 6.61 Å². The third kappa shape index (κ3) is 5.23. The third-order valence-corrected chi connectivity index (χ3v) is 6.46. The minimum atomic E-state index is -0.112. The number of rotatable bonds is 8. The molecule has 0 amide bonds. The number of ether oxygens (including phenoxy) is 1.